The fourth-order valence-electron chi connectivity index (χ4n) is 4.55. The second-order valence-corrected chi connectivity index (χ2v) is 8.33. The molecule has 29 heavy (non-hydrogen) atoms. The van der Waals surface area contributed by atoms with Crippen molar-refractivity contribution in [3.8, 4) is 5.75 Å². The first-order chi connectivity index (χ1) is 14.2. The summed E-state index contributed by atoms with van der Waals surface area (Å²) in [6.45, 7) is 3.04. The molecule has 0 aliphatic carbocycles. The molecule has 4 heteroatoms. The van der Waals surface area contributed by atoms with Gasteiger partial charge in [0.2, 0.25) is 0 Å². The Labute approximate surface area is 174 Å². The summed E-state index contributed by atoms with van der Waals surface area (Å²) in [6.07, 6.45) is 6.15. The van der Waals surface area contributed by atoms with Crippen LogP contribution in [0.5, 0.6) is 5.75 Å². The minimum Gasteiger partial charge on any atom is -0.493 e. The molecule has 2 aromatic rings. The van der Waals surface area contributed by atoms with Crippen molar-refractivity contribution in [2.75, 3.05) is 13.7 Å². The Morgan fingerprint density at radius 3 is 2.79 bits per heavy atom. The third-order valence-corrected chi connectivity index (χ3v) is 6.22. The number of rotatable bonds is 5. The van der Waals surface area contributed by atoms with E-state index in [9.17, 15) is 5.11 Å². The summed E-state index contributed by atoms with van der Waals surface area (Å²) in [4.78, 5) is 0. The van der Waals surface area contributed by atoms with Crippen LogP contribution in [0.4, 0.5) is 0 Å². The van der Waals surface area contributed by atoms with Crippen molar-refractivity contribution in [3.63, 3.8) is 0 Å². The van der Waals surface area contributed by atoms with E-state index in [2.05, 4.69) is 48.6 Å². The van der Waals surface area contributed by atoms with E-state index in [1.54, 1.807) is 0 Å². The lowest BCUT2D eigenvalue weighted by molar-refractivity contribution is -0.108. The molecule has 4 nitrogen and oxygen atoms in total. The highest BCUT2D eigenvalue weighted by Gasteiger charge is 2.28. The SMILES string of the molecule is CCc1ccc(C2CC(O)CC(NC)O2)cc1Cc1ccc2c(c1)CCCCO2. The molecule has 1 saturated heterocycles. The molecule has 156 valence electrons. The highest BCUT2D eigenvalue weighted by atomic mass is 16.5. The molecule has 2 aliphatic heterocycles. The van der Waals surface area contributed by atoms with E-state index in [1.807, 2.05) is 7.05 Å². The second kappa shape index (κ2) is 9.29. The van der Waals surface area contributed by atoms with E-state index >= 15 is 0 Å². The van der Waals surface area contributed by atoms with Crippen molar-refractivity contribution >= 4 is 0 Å². The number of hydrogen-bond acceptors (Lipinski definition) is 4. The van der Waals surface area contributed by atoms with Crippen LogP contribution in [0.1, 0.15) is 66.5 Å². The van der Waals surface area contributed by atoms with Gasteiger partial charge in [0.05, 0.1) is 18.8 Å². The number of benzene rings is 2. The molecular weight excluding hydrogens is 362 g/mol. The molecule has 4 rings (SSSR count). The van der Waals surface area contributed by atoms with Crippen LogP contribution in [0.3, 0.4) is 0 Å². The fourth-order valence-corrected chi connectivity index (χ4v) is 4.55. The lowest BCUT2D eigenvalue weighted by atomic mass is 9.91. The van der Waals surface area contributed by atoms with E-state index in [-0.39, 0.29) is 18.4 Å². The maximum atomic E-state index is 10.3. The van der Waals surface area contributed by atoms with Gasteiger partial charge in [-0.25, -0.2) is 0 Å². The Kier molecular flexibility index (Phi) is 6.53. The zero-order chi connectivity index (χ0) is 20.2. The number of fused-ring (bicyclic) bond motifs is 1. The van der Waals surface area contributed by atoms with Crippen LogP contribution < -0.4 is 10.1 Å². The first-order valence-electron chi connectivity index (χ1n) is 11.0. The predicted molar refractivity (Wildman–Crippen MR) is 115 cm³/mol. The minimum atomic E-state index is -0.329. The van der Waals surface area contributed by atoms with E-state index < -0.39 is 0 Å². The van der Waals surface area contributed by atoms with Crippen molar-refractivity contribution < 1.29 is 14.6 Å². The molecule has 0 amide bonds. The molecule has 1 fully saturated rings. The Balaban J connectivity index is 1.58. The minimum absolute atomic E-state index is 0.0682. The Bertz CT molecular complexity index is 835. The van der Waals surface area contributed by atoms with Crippen molar-refractivity contribution in [1.82, 2.24) is 5.32 Å². The van der Waals surface area contributed by atoms with Gasteiger partial charge in [-0.15, -0.1) is 0 Å². The lowest BCUT2D eigenvalue weighted by Gasteiger charge is -2.33. The molecule has 2 N–H and O–H groups in total. The van der Waals surface area contributed by atoms with Crippen LogP contribution in [-0.2, 0) is 24.0 Å². The van der Waals surface area contributed by atoms with Crippen LogP contribution in [0.25, 0.3) is 0 Å². The maximum Gasteiger partial charge on any atom is 0.122 e. The van der Waals surface area contributed by atoms with E-state index in [0.29, 0.717) is 12.8 Å². The molecule has 2 heterocycles. The van der Waals surface area contributed by atoms with Gasteiger partial charge >= 0.3 is 0 Å². The third kappa shape index (κ3) is 4.82. The Morgan fingerprint density at radius 1 is 1.07 bits per heavy atom. The van der Waals surface area contributed by atoms with E-state index in [4.69, 9.17) is 9.47 Å². The average Bonchev–Trinajstić information content (AvgIpc) is 2.98. The molecule has 2 aliphatic rings. The predicted octanol–water partition coefficient (Wildman–Crippen LogP) is 4.31. The normalized spacial score (nSPS) is 24.4. The molecule has 0 bridgehead atoms. The first-order valence-corrected chi connectivity index (χ1v) is 11.0. The number of aliphatic hydroxyl groups excluding tert-OH is 1. The summed E-state index contributed by atoms with van der Waals surface area (Å²) >= 11 is 0. The number of ether oxygens (including phenoxy) is 2. The Hall–Kier alpha value is -1.88. The van der Waals surface area contributed by atoms with Crippen molar-refractivity contribution in [3.05, 3.63) is 64.2 Å². The van der Waals surface area contributed by atoms with Gasteiger partial charge in [0, 0.05) is 12.8 Å². The van der Waals surface area contributed by atoms with Gasteiger partial charge in [-0.05, 0) is 73.0 Å². The highest BCUT2D eigenvalue weighted by molar-refractivity contribution is 5.42. The van der Waals surface area contributed by atoms with Crippen LogP contribution >= 0.6 is 0 Å². The maximum absolute atomic E-state index is 10.3. The number of nitrogens with one attached hydrogen (secondary N) is 1. The van der Waals surface area contributed by atoms with Crippen LogP contribution in [0, 0.1) is 0 Å². The molecular formula is C25H33NO3. The number of hydrogen-bond donors (Lipinski definition) is 2. The molecule has 0 saturated carbocycles. The van der Waals surface area contributed by atoms with Gasteiger partial charge in [0.15, 0.2) is 0 Å². The fraction of sp³-hybridized carbons (Fsp3) is 0.520. The monoisotopic (exact) mass is 395 g/mol. The molecule has 2 aromatic carbocycles. The number of aliphatic hydroxyl groups is 1. The zero-order valence-electron chi connectivity index (χ0n) is 17.6. The van der Waals surface area contributed by atoms with Gasteiger partial charge in [-0.3, -0.25) is 5.32 Å². The Morgan fingerprint density at radius 2 is 1.97 bits per heavy atom. The largest absolute Gasteiger partial charge is 0.493 e. The number of aryl methyl sites for hydroxylation is 2. The van der Waals surface area contributed by atoms with Gasteiger partial charge < -0.3 is 14.6 Å². The standard InChI is InChI=1S/C25H33NO3/c1-3-18-8-9-20(24-15-22(27)16-25(26-2)29-24)14-21(18)13-17-7-10-23-19(12-17)6-4-5-11-28-23/h7-10,12,14,22,24-27H,3-6,11,13,15-16H2,1-2H3. The van der Waals surface area contributed by atoms with Crippen molar-refractivity contribution in [2.45, 2.75) is 70.3 Å². The van der Waals surface area contributed by atoms with Gasteiger partial charge in [0.1, 0.15) is 12.0 Å². The van der Waals surface area contributed by atoms with Gasteiger partial charge in [-0.2, -0.15) is 0 Å². The third-order valence-electron chi connectivity index (χ3n) is 6.22. The molecule has 0 spiro atoms. The van der Waals surface area contributed by atoms with Crippen molar-refractivity contribution in [1.29, 1.82) is 0 Å². The average molecular weight is 396 g/mol. The summed E-state index contributed by atoms with van der Waals surface area (Å²) in [5.41, 5.74) is 6.56. The topological polar surface area (TPSA) is 50.7 Å². The highest BCUT2D eigenvalue weighted by Crippen LogP contribution is 2.33. The van der Waals surface area contributed by atoms with Gasteiger partial charge in [-0.1, -0.05) is 37.3 Å². The lowest BCUT2D eigenvalue weighted by Crippen LogP contribution is -2.39. The quantitative estimate of drug-likeness (QED) is 0.792. The van der Waals surface area contributed by atoms with Crippen LogP contribution in [-0.4, -0.2) is 31.1 Å². The second-order valence-electron chi connectivity index (χ2n) is 8.33. The smallest absolute Gasteiger partial charge is 0.122 e. The first kappa shape index (κ1) is 20.4. The summed E-state index contributed by atoms with van der Waals surface area (Å²) < 4.78 is 12.1. The molecule has 3 atom stereocenters. The van der Waals surface area contributed by atoms with E-state index in [1.165, 1.54) is 28.7 Å². The van der Waals surface area contributed by atoms with Gasteiger partial charge in [0.25, 0.3) is 0 Å². The summed E-state index contributed by atoms with van der Waals surface area (Å²) in [5.74, 6) is 1.05. The van der Waals surface area contributed by atoms with Crippen molar-refractivity contribution in [2.24, 2.45) is 0 Å². The summed E-state index contributed by atoms with van der Waals surface area (Å²) in [6, 6.07) is 13.4. The summed E-state index contributed by atoms with van der Waals surface area (Å²) in [7, 11) is 1.88. The van der Waals surface area contributed by atoms with Crippen LogP contribution in [0.2, 0.25) is 0 Å². The zero-order valence-corrected chi connectivity index (χ0v) is 17.6. The summed E-state index contributed by atoms with van der Waals surface area (Å²) in [5, 5.41) is 13.4. The van der Waals surface area contributed by atoms with Crippen LogP contribution in [0.15, 0.2) is 36.4 Å². The molecule has 3 unspecified atom stereocenters. The van der Waals surface area contributed by atoms with E-state index in [0.717, 1.165) is 43.6 Å². The molecule has 0 aromatic heterocycles. The molecule has 0 radical (unpaired) electrons.